The highest BCUT2D eigenvalue weighted by atomic mass is 79.9. The second-order valence-corrected chi connectivity index (χ2v) is 6.08. The molecule has 2 aromatic carbocycles. The van der Waals surface area contributed by atoms with E-state index < -0.39 is 0 Å². The van der Waals surface area contributed by atoms with Gasteiger partial charge in [-0.3, -0.25) is 4.79 Å². The lowest BCUT2D eigenvalue weighted by Gasteiger charge is -2.16. The van der Waals surface area contributed by atoms with Gasteiger partial charge in [-0.25, -0.2) is 4.39 Å². The first kappa shape index (κ1) is 15.0. The Bertz CT molecular complexity index is 688. The van der Waals surface area contributed by atoms with Gasteiger partial charge >= 0.3 is 0 Å². The Labute approximate surface area is 136 Å². The highest BCUT2D eigenvalue weighted by molar-refractivity contribution is 9.10. The lowest BCUT2D eigenvalue weighted by atomic mass is 10.2. The number of hydrogen-bond donors (Lipinski definition) is 0. The van der Waals surface area contributed by atoms with E-state index in [9.17, 15) is 9.18 Å². The molecule has 1 saturated heterocycles. The summed E-state index contributed by atoms with van der Waals surface area (Å²) in [5.41, 5.74) is 1.37. The van der Waals surface area contributed by atoms with Crippen LogP contribution in [0.5, 0.6) is 5.75 Å². The van der Waals surface area contributed by atoms with Gasteiger partial charge in [0.15, 0.2) is 0 Å². The molecule has 1 fully saturated rings. The van der Waals surface area contributed by atoms with Crippen molar-refractivity contribution in [1.82, 2.24) is 0 Å². The highest BCUT2D eigenvalue weighted by Crippen LogP contribution is 2.25. The average molecular weight is 364 g/mol. The Kier molecular flexibility index (Phi) is 4.43. The van der Waals surface area contributed by atoms with E-state index in [1.807, 2.05) is 12.1 Å². The van der Waals surface area contributed by atoms with Gasteiger partial charge < -0.3 is 9.64 Å². The number of hydrogen-bond acceptors (Lipinski definition) is 2. The number of anilines is 1. The zero-order chi connectivity index (χ0) is 15.5. The van der Waals surface area contributed by atoms with E-state index in [2.05, 4.69) is 15.9 Å². The number of amides is 1. The highest BCUT2D eigenvalue weighted by Gasteiger charge is 2.21. The Balaban J connectivity index is 1.66. The van der Waals surface area contributed by atoms with Crippen LogP contribution in [0.1, 0.15) is 18.4 Å². The summed E-state index contributed by atoms with van der Waals surface area (Å²) in [5, 5.41) is 0. The van der Waals surface area contributed by atoms with E-state index >= 15 is 0 Å². The normalized spacial score (nSPS) is 14.5. The Morgan fingerprint density at radius 3 is 2.64 bits per heavy atom. The minimum atomic E-state index is -0.289. The molecule has 1 aliphatic rings. The topological polar surface area (TPSA) is 29.5 Å². The molecule has 0 radical (unpaired) electrons. The molecule has 0 spiro atoms. The van der Waals surface area contributed by atoms with Crippen LogP contribution in [0.2, 0.25) is 0 Å². The van der Waals surface area contributed by atoms with Crippen molar-refractivity contribution in [3.8, 4) is 5.75 Å². The van der Waals surface area contributed by atoms with Crippen LogP contribution in [0, 0.1) is 5.82 Å². The van der Waals surface area contributed by atoms with Crippen LogP contribution in [0.15, 0.2) is 46.9 Å². The molecule has 0 unspecified atom stereocenters. The van der Waals surface area contributed by atoms with E-state index in [1.54, 1.807) is 29.2 Å². The molecule has 3 rings (SSSR count). The molecule has 1 amide bonds. The molecule has 22 heavy (non-hydrogen) atoms. The van der Waals surface area contributed by atoms with Crippen LogP contribution in [0.3, 0.4) is 0 Å². The average Bonchev–Trinajstić information content (AvgIpc) is 2.95. The van der Waals surface area contributed by atoms with Gasteiger partial charge in [-0.2, -0.15) is 0 Å². The summed E-state index contributed by atoms with van der Waals surface area (Å²) in [6.45, 7) is 0.926. The summed E-state index contributed by atoms with van der Waals surface area (Å²) in [4.78, 5) is 13.5. The third kappa shape index (κ3) is 3.30. The summed E-state index contributed by atoms with van der Waals surface area (Å²) >= 11 is 3.32. The van der Waals surface area contributed by atoms with Gasteiger partial charge in [0.2, 0.25) is 5.91 Å². The predicted molar refractivity (Wildman–Crippen MR) is 86.5 cm³/mol. The molecule has 3 nitrogen and oxygen atoms in total. The van der Waals surface area contributed by atoms with E-state index in [1.165, 1.54) is 6.07 Å². The molecule has 0 aliphatic carbocycles. The van der Waals surface area contributed by atoms with Gasteiger partial charge in [-0.15, -0.1) is 0 Å². The number of ether oxygens (including phenoxy) is 1. The van der Waals surface area contributed by atoms with Gasteiger partial charge in [0.1, 0.15) is 18.2 Å². The van der Waals surface area contributed by atoms with Crippen molar-refractivity contribution in [2.45, 2.75) is 19.4 Å². The molecule has 0 aromatic heterocycles. The number of nitrogens with zero attached hydrogens (tertiary/aromatic N) is 1. The molecule has 0 N–H and O–H groups in total. The second kappa shape index (κ2) is 6.48. The maximum absolute atomic E-state index is 13.6. The predicted octanol–water partition coefficient (Wildman–Crippen LogP) is 4.29. The van der Waals surface area contributed by atoms with Crippen molar-refractivity contribution in [3.05, 3.63) is 58.3 Å². The van der Waals surface area contributed by atoms with Crippen molar-refractivity contribution >= 4 is 27.5 Å². The molecule has 114 valence electrons. The summed E-state index contributed by atoms with van der Waals surface area (Å²) in [5.74, 6) is 0.516. The monoisotopic (exact) mass is 363 g/mol. The lowest BCUT2D eigenvalue weighted by Crippen LogP contribution is -2.23. The zero-order valence-corrected chi connectivity index (χ0v) is 13.5. The smallest absolute Gasteiger partial charge is 0.227 e. The SMILES string of the molecule is O=C1CCCN1c1ccc(OCc2cc(Br)ccc2F)cc1. The molecular formula is C17H15BrFNO2. The van der Waals surface area contributed by atoms with Crippen molar-refractivity contribution in [2.24, 2.45) is 0 Å². The fourth-order valence-corrected chi connectivity index (χ4v) is 2.87. The summed E-state index contributed by atoms with van der Waals surface area (Å²) in [6, 6.07) is 12.1. The first-order valence-electron chi connectivity index (χ1n) is 7.10. The third-order valence-corrected chi connectivity index (χ3v) is 4.12. The van der Waals surface area contributed by atoms with Crippen LogP contribution >= 0.6 is 15.9 Å². The van der Waals surface area contributed by atoms with E-state index in [0.29, 0.717) is 17.7 Å². The molecule has 5 heteroatoms. The summed E-state index contributed by atoms with van der Waals surface area (Å²) < 4.78 is 20.1. The maximum atomic E-state index is 13.6. The first-order chi connectivity index (χ1) is 10.6. The maximum Gasteiger partial charge on any atom is 0.227 e. The summed E-state index contributed by atoms with van der Waals surface area (Å²) in [6.07, 6.45) is 1.51. The van der Waals surface area contributed by atoms with Gasteiger partial charge in [0.25, 0.3) is 0 Å². The van der Waals surface area contributed by atoms with Crippen LogP contribution in [0.4, 0.5) is 10.1 Å². The Hall–Kier alpha value is -1.88. The number of benzene rings is 2. The van der Waals surface area contributed by atoms with Gasteiger partial charge in [-0.1, -0.05) is 15.9 Å². The fourth-order valence-electron chi connectivity index (χ4n) is 2.46. The lowest BCUT2D eigenvalue weighted by molar-refractivity contribution is -0.117. The second-order valence-electron chi connectivity index (χ2n) is 5.17. The van der Waals surface area contributed by atoms with Crippen molar-refractivity contribution in [3.63, 3.8) is 0 Å². The molecule has 0 atom stereocenters. The third-order valence-electron chi connectivity index (χ3n) is 3.62. The molecule has 2 aromatic rings. The largest absolute Gasteiger partial charge is 0.489 e. The van der Waals surface area contributed by atoms with Crippen LogP contribution in [0.25, 0.3) is 0 Å². The van der Waals surface area contributed by atoms with Gasteiger partial charge in [-0.05, 0) is 48.9 Å². The number of carbonyl (C=O) groups is 1. The van der Waals surface area contributed by atoms with Crippen molar-refractivity contribution in [2.75, 3.05) is 11.4 Å². The molecule has 1 aliphatic heterocycles. The van der Waals surface area contributed by atoms with Crippen LogP contribution < -0.4 is 9.64 Å². The molecule has 1 heterocycles. The quantitative estimate of drug-likeness (QED) is 0.810. The summed E-state index contributed by atoms with van der Waals surface area (Å²) in [7, 11) is 0. The van der Waals surface area contributed by atoms with E-state index in [-0.39, 0.29) is 18.3 Å². The van der Waals surface area contributed by atoms with Crippen molar-refractivity contribution in [1.29, 1.82) is 0 Å². The zero-order valence-electron chi connectivity index (χ0n) is 11.9. The minimum absolute atomic E-state index is 0.157. The molecule has 0 saturated carbocycles. The minimum Gasteiger partial charge on any atom is -0.489 e. The van der Waals surface area contributed by atoms with Crippen LogP contribution in [-0.4, -0.2) is 12.5 Å². The van der Waals surface area contributed by atoms with E-state index in [4.69, 9.17) is 4.74 Å². The van der Waals surface area contributed by atoms with Crippen LogP contribution in [-0.2, 0) is 11.4 Å². The standard InChI is InChI=1S/C17H15BrFNO2/c18-13-3-8-16(19)12(10-13)11-22-15-6-4-14(5-7-15)20-9-1-2-17(20)21/h3-8,10H,1-2,9,11H2. The molecule has 0 bridgehead atoms. The van der Waals surface area contributed by atoms with Gasteiger partial charge in [0.05, 0.1) is 0 Å². The first-order valence-corrected chi connectivity index (χ1v) is 7.90. The Morgan fingerprint density at radius 1 is 1.18 bits per heavy atom. The van der Waals surface area contributed by atoms with Gasteiger partial charge in [0, 0.05) is 28.7 Å². The number of carbonyl (C=O) groups excluding carboxylic acids is 1. The number of halogens is 2. The van der Waals surface area contributed by atoms with E-state index in [0.717, 1.165) is 23.1 Å². The Morgan fingerprint density at radius 2 is 1.95 bits per heavy atom. The number of rotatable bonds is 4. The van der Waals surface area contributed by atoms with Crippen molar-refractivity contribution < 1.29 is 13.9 Å². The fraction of sp³-hybridized carbons (Fsp3) is 0.235. The molecular weight excluding hydrogens is 349 g/mol.